The maximum absolute atomic E-state index is 2.38. The van der Waals surface area contributed by atoms with Gasteiger partial charge in [0, 0.05) is 22.5 Å². The molecule has 0 unspecified atom stereocenters. The lowest BCUT2D eigenvalue weighted by atomic mass is 9.78. The van der Waals surface area contributed by atoms with Crippen LogP contribution in [-0.4, -0.2) is 0 Å². The van der Waals surface area contributed by atoms with Crippen molar-refractivity contribution >= 4 is 49.4 Å². The highest BCUT2D eigenvalue weighted by Crippen LogP contribution is 2.52. The summed E-state index contributed by atoms with van der Waals surface area (Å²) in [7, 11) is 0. The van der Waals surface area contributed by atoms with E-state index in [1.807, 2.05) is 0 Å². The normalized spacial score (nSPS) is 13.0. The number of nitrogens with zero attached hydrogens (tertiary/aromatic N) is 1. The van der Waals surface area contributed by atoms with Gasteiger partial charge in [-0.05, 0) is 119 Å². The molecule has 0 saturated heterocycles. The zero-order chi connectivity index (χ0) is 34.8. The Balaban J connectivity index is 1.06. The minimum absolute atomic E-state index is 0.0672. The molecule has 0 aliphatic heterocycles. The summed E-state index contributed by atoms with van der Waals surface area (Å²) in [6.45, 7) is 4.73. The van der Waals surface area contributed by atoms with Crippen LogP contribution in [0.15, 0.2) is 188 Å². The fourth-order valence-corrected chi connectivity index (χ4v) is 8.66. The topological polar surface area (TPSA) is 3.24 Å². The van der Waals surface area contributed by atoms with Crippen molar-refractivity contribution in [3.05, 3.63) is 199 Å². The first-order valence-corrected chi connectivity index (χ1v) is 18.2. The minimum Gasteiger partial charge on any atom is -0.310 e. The van der Waals surface area contributed by atoms with Crippen LogP contribution in [0.3, 0.4) is 0 Å². The zero-order valence-corrected chi connectivity index (χ0v) is 29.3. The highest BCUT2D eigenvalue weighted by Gasteiger charge is 2.37. The molecule has 9 aromatic carbocycles. The summed E-state index contributed by atoms with van der Waals surface area (Å²) in [6.07, 6.45) is 0. The average molecular weight is 664 g/mol. The molecular formula is C51H37N. The highest BCUT2D eigenvalue weighted by molar-refractivity contribution is 6.08. The number of fused-ring (bicyclic) bond motifs is 7. The van der Waals surface area contributed by atoms with Gasteiger partial charge in [0.2, 0.25) is 0 Å². The molecule has 0 heterocycles. The molecule has 1 nitrogen and oxygen atoms in total. The molecule has 0 fully saturated rings. The van der Waals surface area contributed by atoms with Crippen LogP contribution in [0.2, 0.25) is 0 Å². The first-order chi connectivity index (χ1) is 25.5. The third-order valence-electron chi connectivity index (χ3n) is 11.2. The number of anilines is 3. The van der Waals surface area contributed by atoms with E-state index in [1.165, 1.54) is 76.8 Å². The molecule has 0 N–H and O–H groups in total. The second-order valence-electron chi connectivity index (χ2n) is 14.6. The first-order valence-electron chi connectivity index (χ1n) is 18.2. The maximum Gasteiger partial charge on any atom is 0.0468 e. The van der Waals surface area contributed by atoms with Crippen molar-refractivity contribution in [2.45, 2.75) is 19.3 Å². The molecule has 9 aromatic rings. The van der Waals surface area contributed by atoms with Crippen molar-refractivity contribution in [3.63, 3.8) is 0 Å². The Hall–Kier alpha value is -6.44. The van der Waals surface area contributed by atoms with E-state index in [9.17, 15) is 0 Å². The lowest BCUT2D eigenvalue weighted by Crippen LogP contribution is -2.16. The van der Waals surface area contributed by atoms with Crippen LogP contribution in [0.25, 0.3) is 65.7 Å². The van der Waals surface area contributed by atoms with Crippen molar-refractivity contribution < 1.29 is 0 Å². The average Bonchev–Trinajstić information content (AvgIpc) is 3.44. The Bertz CT molecular complexity index is 2820. The van der Waals surface area contributed by atoms with E-state index < -0.39 is 0 Å². The van der Waals surface area contributed by atoms with Crippen LogP contribution in [0.5, 0.6) is 0 Å². The Morgan fingerprint density at radius 3 is 1.79 bits per heavy atom. The third kappa shape index (κ3) is 4.85. The second-order valence-corrected chi connectivity index (χ2v) is 14.6. The predicted molar refractivity (Wildman–Crippen MR) is 222 cm³/mol. The van der Waals surface area contributed by atoms with Crippen molar-refractivity contribution in [3.8, 4) is 33.4 Å². The Morgan fingerprint density at radius 1 is 0.346 bits per heavy atom. The summed E-state index contributed by atoms with van der Waals surface area (Å²) >= 11 is 0. The molecule has 0 spiro atoms. The van der Waals surface area contributed by atoms with Crippen LogP contribution in [0.1, 0.15) is 25.0 Å². The number of rotatable bonds is 5. The second kappa shape index (κ2) is 11.8. The molecule has 0 atom stereocenters. The highest BCUT2D eigenvalue weighted by atomic mass is 15.1. The largest absolute Gasteiger partial charge is 0.310 e. The molecule has 52 heavy (non-hydrogen) atoms. The molecule has 0 amide bonds. The van der Waals surface area contributed by atoms with Gasteiger partial charge in [0.25, 0.3) is 0 Å². The van der Waals surface area contributed by atoms with E-state index >= 15 is 0 Å². The molecular weight excluding hydrogens is 627 g/mol. The smallest absolute Gasteiger partial charge is 0.0468 e. The predicted octanol–water partition coefficient (Wildman–Crippen LogP) is 14.3. The van der Waals surface area contributed by atoms with E-state index in [4.69, 9.17) is 0 Å². The fraction of sp³-hybridized carbons (Fsp3) is 0.0588. The summed E-state index contributed by atoms with van der Waals surface area (Å²) in [5.74, 6) is 0. The quantitative estimate of drug-likeness (QED) is 0.166. The minimum atomic E-state index is -0.0672. The lowest BCUT2D eigenvalue weighted by Gasteiger charge is -2.26. The van der Waals surface area contributed by atoms with Crippen molar-refractivity contribution in [1.29, 1.82) is 0 Å². The van der Waals surface area contributed by atoms with Gasteiger partial charge in [-0.1, -0.05) is 159 Å². The summed E-state index contributed by atoms with van der Waals surface area (Å²) < 4.78 is 0. The van der Waals surface area contributed by atoms with E-state index in [-0.39, 0.29) is 5.41 Å². The zero-order valence-electron chi connectivity index (χ0n) is 29.3. The van der Waals surface area contributed by atoms with Gasteiger partial charge >= 0.3 is 0 Å². The Morgan fingerprint density at radius 2 is 0.923 bits per heavy atom. The van der Waals surface area contributed by atoms with E-state index in [2.05, 4.69) is 207 Å². The molecule has 1 heteroatoms. The lowest BCUT2D eigenvalue weighted by molar-refractivity contribution is 0.662. The summed E-state index contributed by atoms with van der Waals surface area (Å²) in [5.41, 5.74) is 13.8. The van der Waals surface area contributed by atoms with E-state index in [0.717, 1.165) is 17.1 Å². The van der Waals surface area contributed by atoms with Crippen LogP contribution < -0.4 is 4.90 Å². The molecule has 246 valence electrons. The molecule has 1 aliphatic rings. The molecule has 10 rings (SSSR count). The van der Waals surface area contributed by atoms with Crippen LogP contribution in [0, 0.1) is 0 Å². The fourth-order valence-electron chi connectivity index (χ4n) is 8.66. The van der Waals surface area contributed by atoms with Gasteiger partial charge in [-0.2, -0.15) is 0 Å². The number of hydrogen-bond acceptors (Lipinski definition) is 1. The van der Waals surface area contributed by atoms with E-state index in [1.54, 1.807) is 0 Å². The standard InChI is InChI=1S/C51H37N/c1-51(2)49-20-8-7-17-47(49)48-19-10-18-46(50(48)51)39-15-9-14-37(31-39)35-23-26-41(27-24-35)52(42-28-25-34-11-3-4-13-38(34)32-42)43-29-30-45-40(33-43)22-21-36-12-5-6-16-44(36)45/h3-33H,1-2H3. The van der Waals surface area contributed by atoms with Gasteiger partial charge in [-0.25, -0.2) is 0 Å². The molecule has 0 aromatic heterocycles. The van der Waals surface area contributed by atoms with Gasteiger partial charge < -0.3 is 4.90 Å². The monoisotopic (exact) mass is 663 g/mol. The molecule has 0 saturated carbocycles. The number of hydrogen-bond donors (Lipinski definition) is 0. The van der Waals surface area contributed by atoms with Crippen molar-refractivity contribution in [1.82, 2.24) is 0 Å². The van der Waals surface area contributed by atoms with Gasteiger partial charge in [0.1, 0.15) is 0 Å². The van der Waals surface area contributed by atoms with Gasteiger partial charge in [0.15, 0.2) is 0 Å². The Labute approximate surface area is 305 Å². The molecule has 0 bridgehead atoms. The SMILES string of the molecule is CC1(C)c2ccccc2-c2cccc(-c3cccc(-c4ccc(N(c5ccc6ccccc6c5)c5ccc6c(ccc7ccccc76)c5)cc4)c3)c21. The van der Waals surface area contributed by atoms with E-state index in [0.29, 0.717) is 0 Å². The molecule has 0 radical (unpaired) electrons. The summed E-state index contributed by atoms with van der Waals surface area (Å²) in [6, 6.07) is 69.1. The van der Waals surface area contributed by atoms with Crippen molar-refractivity contribution in [2.75, 3.05) is 4.90 Å². The molecule has 1 aliphatic carbocycles. The van der Waals surface area contributed by atoms with Gasteiger partial charge in [-0.15, -0.1) is 0 Å². The first kappa shape index (κ1) is 30.4. The van der Waals surface area contributed by atoms with Gasteiger partial charge in [-0.3, -0.25) is 0 Å². The number of benzene rings is 9. The van der Waals surface area contributed by atoms with Crippen LogP contribution in [-0.2, 0) is 5.41 Å². The van der Waals surface area contributed by atoms with Crippen LogP contribution in [0.4, 0.5) is 17.1 Å². The van der Waals surface area contributed by atoms with Gasteiger partial charge in [0.05, 0.1) is 0 Å². The van der Waals surface area contributed by atoms with Crippen molar-refractivity contribution in [2.24, 2.45) is 0 Å². The Kier molecular flexibility index (Phi) is 6.91. The maximum atomic E-state index is 2.38. The summed E-state index contributed by atoms with van der Waals surface area (Å²) in [4.78, 5) is 2.38. The van der Waals surface area contributed by atoms with Crippen LogP contribution >= 0.6 is 0 Å². The summed E-state index contributed by atoms with van der Waals surface area (Å²) in [5, 5.41) is 7.51. The third-order valence-corrected chi connectivity index (χ3v) is 11.2.